The lowest BCUT2D eigenvalue weighted by atomic mass is 9.99. The minimum atomic E-state index is 0.183. The minimum Gasteiger partial charge on any atom is -0.305 e. The second-order valence-corrected chi connectivity index (χ2v) is 5.63. The van der Waals surface area contributed by atoms with Gasteiger partial charge < -0.3 is 5.32 Å². The Hall–Kier alpha value is -1.13. The van der Waals surface area contributed by atoms with Gasteiger partial charge in [-0.15, -0.1) is 0 Å². The molecule has 1 aromatic heterocycles. The predicted molar refractivity (Wildman–Crippen MR) is 82.3 cm³/mol. The summed E-state index contributed by atoms with van der Waals surface area (Å²) in [6, 6.07) is 6.72. The van der Waals surface area contributed by atoms with E-state index in [1.807, 2.05) is 17.9 Å². The Kier molecular flexibility index (Phi) is 4.42. The second kappa shape index (κ2) is 5.88. The number of aryl methyl sites for hydroxylation is 3. The monoisotopic (exact) mass is 321 g/mol. The standard InChI is InChI=1S/C15H20BrN3/c1-5-17-15(13-6-7-18-19(13)4)12-8-10(2)14(16)11(3)9-12/h6-9,15,17H,5H2,1-4H3. The highest BCUT2D eigenvalue weighted by Gasteiger charge is 2.17. The van der Waals surface area contributed by atoms with Gasteiger partial charge in [0.05, 0.1) is 11.7 Å². The Balaban J connectivity index is 2.48. The summed E-state index contributed by atoms with van der Waals surface area (Å²) in [6.45, 7) is 7.31. The lowest BCUT2D eigenvalue weighted by Crippen LogP contribution is -2.24. The van der Waals surface area contributed by atoms with E-state index in [0.29, 0.717) is 0 Å². The molecule has 0 spiro atoms. The van der Waals surface area contributed by atoms with Crippen molar-refractivity contribution in [1.29, 1.82) is 0 Å². The number of benzene rings is 1. The van der Waals surface area contributed by atoms with Gasteiger partial charge in [0.25, 0.3) is 0 Å². The number of halogens is 1. The van der Waals surface area contributed by atoms with E-state index in [9.17, 15) is 0 Å². The molecule has 3 nitrogen and oxygen atoms in total. The largest absolute Gasteiger partial charge is 0.305 e. The maximum absolute atomic E-state index is 4.28. The Morgan fingerprint density at radius 2 is 1.95 bits per heavy atom. The number of nitrogens with one attached hydrogen (secondary N) is 1. The maximum Gasteiger partial charge on any atom is 0.0748 e. The summed E-state index contributed by atoms with van der Waals surface area (Å²) in [5, 5.41) is 7.81. The zero-order valence-electron chi connectivity index (χ0n) is 11.9. The first kappa shape index (κ1) is 14.3. The van der Waals surface area contributed by atoms with Gasteiger partial charge in [-0.25, -0.2) is 0 Å². The smallest absolute Gasteiger partial charge is 0.0748 e. The predicted octanol–water partition coefficient (Wildman–Crippen LogP) is 3.50. The zero-order valence-corrected chi connectivity index (χ0v) is 13.5. The molecule has 0 fully saturated rings. The molecule has 19 heavy (non-hydrogen) atoms. The molecule has 0 saturated carbocycles. The average molecular weight is 322 g/mol. The van der Waals surface area contributed by atoms with Crippen molar-refractivity contribution >= 4 is 15.9 Å². The first-order chi connectivity index (χ1) is 9.04. The van der Waals surface area contributed by atoms with Gasteiger partial charge in [-0.3, -0.25) is 4.68 Å². The molecule has 1 N–H and O–H groups in total. The van der Waals surface area contributed by atoms with Gasteiger partial charge in [0.2, 0.25) is 0 Å². The third-order valence-electron chi connectivity index (χ3n) is 3.35. The van der Waals surface area contributed by atoms with Crippen LogP contribution in [-0.4, -0.2) is 16.3 Å². The molecule has 2 aromatic rings. The highest BCUT2D eigenvalue weighted by atomic mass is 79.9. The fourth-order valence-corrected chi connectivity index (χ4v) is 2.64. The van der Waals surface area contributed by atoms with Crippen molar-refractivity contribution in [2.75, 3.05) is 6.54 Å². The summed E-state index contributed by atoms with van der Waals surface area (Å²) in [5.41, 5.74) is 4.99. The van der Waals surface area contributed by atoms with Gasteiger partial charge in [0.15, 0.2) is 0 Å². The summed E-state index contributed by atoms with van der Waals surface area (Å²) in [6.07, 6.45) is 1.85. The molecule has 0 aliphatic carbocycles. The fourth-order valence-electron chi connectivity index (χ4n) is 2.41. The van der Waals surface area contributed by atoms with Crippen LogP contribution in [0.15, 0.2) is 28.9 Å². The van der Waals surface area contributed by atoms with E-state index in [1.165, 1.54) is 26.9 Å². The molecule has 1 atom stereocenters. The van der Waals surface area contributed by atoms with Crippen LogP contribution >= 0.6 is 15.9 Å². The van der Waals surface area contributed by atoms with Crippen LogP contribution in [0.4, 0.5) is 0 Å². The van der Waals surface area contributed by atoms with Crippen LogP contribution in [0.1, 0.15) is 35.3 Å². The summed E-state index contributed by atoms with van der Waals surface area (Å²) >= 11 is 3.63. The summed E-state index contributed by atoms with van der Waals surface area (Å²) in [7, 11) is 1.98. The molecule has 2 rings (SSSR count). The molecule has 0 radical (unpaired) electrons. The van der Waals surface area contributed by atoms with Crippen molar-refractivity contribution in [3.63, 3.8) is 0 Å². The van der Waals surface area contributed by atoms with Gasteiger partial charge >= 0.3 is 0 Å². The molecule has 1 aromatic carbocycles. The van der Waals surface area contributed by atoms with Crippen LogP contribution in [0, 0.1) is 13.8 Å². The van der Waals surface area contributed by atoms with Crippen LogP contribution in [0.2, 0.25) is 0 Å². The molecule has 0 bridgehead atoms. The van der Waals surface area contributed by atoms with Gasteiger partial charge in [-0.05, 0) is 43.1 Å². The molecular formula is C15H20BrN3. The third-order valence-corrected chi connectivity index (χ3v) is 4.61. The number of hydrogen-bond donors (Lipinski definition) is 1. The highest BCUT2D eigenvalue weighted by molar-refractivity contribution is 9.10. The summed E-state index contributed by atoms with van der Waals surface area (Å²) in [5.74, 6) is 0. The normalized spacial score (nSPS) is 12.7. The highest BCUT2D eigenvalue weighted by Crippen LogP contribution is 2.28. The first-order valence-electron chi connectivity index (χ1n) is 6.52. The molecule has 102 valence electrons. The Bertz CT molecular complexity index is 552. The molecular weight excluding hydrogens is 302 g/mol. The average Bonchev–Trinajstić information content (AvgIpc) is 2.78. The molecule has 1 unspecified atom stereocenters. The second-order valence-electron chi connectivity index (χ2n) is 4.84. The zero-order chi connectivity index (χ0) is 14.0. The number of hydrogen-bond acceptors (Lipinski definition) is 2. The molecule has 0 aliphatic rings. The Labute approximate surface area is 123 Å². The quantitative estimate of drug-likeness (QED) is 0.934. The number of rotatable bonds is 4. The van der Waals surface area contributed by atoms with E-state index < -0.39 is 0 Å². The molecule has 0 aliphatic heterocycles. The minimum absolute atomic E-state index is 0.183. The lowest BCUT2D eigenvalue weighted by Gasteiger charge is -2.20. The van der Waals surface area contributed by atoms with Crippen LogP contribution in [0.25, 0.3) is 0 Å². The molecule has 0 saturated heterocycles. The van der Waals surface area contributed by atoms with E-state index in [2.05, 4.69) is 65.3 Å². The van der Waals surface area contributed by atoms with E-state index >= 15 is 0 Å². The van der Waals surface area contributed by atoms with E-state index in [4.69, 9.17) is 0 Å². The van der Waals surface area contributed by atoms with Crippen LogP contribution < -0.4 is 5.32 Å². The van der Waals surface area contributed by atoms with Gasteiger partial charge in [-0.2, -0.15) is 5.10 Å². The van der Waals surface area contributed by atoms with E-state index in [1.54, 1.807) is 0 Å². The SMILES string of the molecule is CCNC(c1cc(C)c(Br)c(C)c1)c1ccnn1C. The van der Waals surface area contributed by atoms with Crippen LogP contribution in [0.5, 0.6) is 0 Å². The third kappa shape index (κ3) is 2.90. The topological polar surface area (TPSA) is 29.9 Å². The fraction of sp³-hybridized carbons (Fsp3) is 0.400. The number of aromatic nitrogens is 2. The Morgan fingerprint density at radius 3 is 2.42 bits per heavy atom. The number of nitrogens with zero attached hydrogens (tertiary/aromatic N) is 2. The maximum atomic E-state index is 4.28. The Morgan fingerprint density at radius 1 is 1.32 bits per heavy atom. The van der Waals surface area contributed by atoms with Crippen molar-refractivity contribution in [2.24, 2.45) is 7.05 Å². The van der Waals surface area contributed by atoms with Crippen molar-refractivity contribution in [3.05, 3.63) is 51.3 Å². The van der Waals surface area contributed by atoms with E-state index in [0.717, 1.165) is 6.54 Å². The summed E-state index contributed by atoms with van der Waals surface area (Å²) in [4.78, 5) is 0. The van der Waals surface area contributed by atoms with Crippen molar-refractivity contribution in [3.8, 4) is 0 Å². The van der Waals surface area contributed by atoms with Crippen molar-refractivity contribution in [1.82, 2.24) is 15.1 Å². The van der Waals surface area contributed by atoms with Gasteiger partial charge in [-0.1, -0.05) is 35.0 Å². The van der Waals surface area contributed by atoms with Crippen molar-refractivity contribution in [2.45, 2.75) is 26.8 Å². The van der Waals surface area contributed by atoms with E-state index in [-0.39, 0.29) is 6.04 Å². The molecule has 4 heteroatoms. The molecule has 1 heterocycles. The van der Waals surface area contributed by atoms with Gasteiger partial charge in [0.1, 0.15) is 0 Å². The van der Waals surface area contributed by atoms with Crippen LogP contribution in [-0.2, 0) is 7.05 Å². The van der Waals surface area contributed by atoms with Gasteiger partial charge in [0, 0.05) is 17.7 Å². The first-order valence-corrected chi connectivity index (χ1v) is 7.31. The lowest BCUT2D eigenvalue weighted by molar-refractivity contribution is 0.572. The van der Waals surface area contributed by atoms with Crippen LogP contribution in [0.3, 0.4) is 0 Å². The van der Waals surface area contributed by atoms with Crippen molar-refractivity contribution < 1.29 is 0 Å². The summed E-state index contributed by atoms with van der Waals surface area (Å²) < 4.78 is 3.12. The molecule has 0 amide bonds.